The largest absolute Gasteiger partial charge is 0.401 e. The number of piperidine rings is 1. The fraction of sp³-hybridized carbons (Fsp3) is 0.692. The van der Waals surface area contributed by atoms with Crippen LogP contribution in [0.3, 0.4) is 0 Å². The van der Waals surface area contributed by atoms with Crippen LogP contribution in [0.4, 0.5) is 23.1 Å². The lowest BCUT2D eigenvalue weighted by Crippen LogP contribution is -2.40. The molecule has 1 saturated heterocycles. The normalized spacial score (nSPS) is 17.4. The van der Waals surface area contributed by atoms with Crippen molar-refractivity contribution in [3.8, 4) is 0 Å². The fourth-order valence-electron chi connectivity index (χ4n) is 2.50. The van der Waals surface area contributed by atoms with Crippen LogP contribution >= 0.6 is 11.3 Å². The highest BCUT2D eigenvalue weighted by Crippen LogP contribution is 2.23. The molecular formula is C13H19F3N4OS. The predicted molar refractivity (Wildman–Crippen MR) is 79.0 cm³/mol. The third kappa shape index (κ3) is 6.18. The van der Waals surface area contributed by atoms with Gasteiger partial charge in [0.25, 0.3) is 0 Å². The van der Waals surface area contributed by atoms with Crippen molar-refractivity contribution in [1.82, 2.24) is 15.2 Å². The summed E-state index contributed by atoms with van der Waals surface area (Å²) in [6, 6.07) is -0.301. The van der Waals surface area contributed by atoms with Crippen LogP contribution in [-0.4, -0.2) is 48.3 Å². The van der Waals surface area contributed by atoms with Crippen LogP contribution in [0.15, 0.2) is 11.6 Å². The molecule has 0 atom stereocenters. The molecule has 22 heavy (non-hydrogen) atoms. The van der Waals surface area contributed by atoms with E-state index < -0.39 is 12.7 Å². The average molecular weight is 336 g/mol. The van der Waals surface area contributed by atoms with Gasteiger partial charge in [0.2, 0.25) is 0 Å². The number of carbonyl (C=O) groups is 1. The second-order valence-electron chi connectivity index (χ2n) is 5.34. The van der Waals surface area contributed by atoms with Crippen molar-refractivity contribution < 1.29 is 18.0 Å². The van der Waals surface area contributed by atoms with Crippen molar-refractivity contribution in [2.24, 2.45) is 5.92 Å². The molecular weight excluding hydrogens is 317 g/mol. The number of hydrogen-bond donors (Lipinski definition) is 2. The zero-order chi connectivity index (χ0) is 16.0. The number of nitrogens with zero attached hydrogens (tertiary/aromatic N) is 2. The lowest BCUT2D eigenvalue weighted by molar-refractivity contribution is -0.148. The quantitative estimate of drug-likeness (QED) is 0.869. The molecule has 1 aliphatic rings. The fourth-order valence-corrected chi connectivity index (χ4v) is 3.03. The second kappa shape index (κ2) is 7.77. The van der Waals surface area contributed by atoms with Gasteiger partial charge in [0.05, 0.1) is 6.54 Å². The summed E-state index contributed by atoms with van der Waals surface area (Å²) in [5.41, 5.74) is 0. The number of urea groups is 1. The molecule has 5 nitrogen and oxygen atoms in total. The van der Waals surface area contributed by atoms with Crippen LogP contribution in [0.1, 0.15) is 19.3 Å². The number of nitrogens with one attached hydrogen (secondary N) is 2. The van der Waals surface area contributed by atoms with Gasteiger partial charge in [0.15, 0.2) is 5.13 Å². The summed E-state index contributed by atoms with van der Waals surface area (Å²) >= 11 is 1.34. The lowest BCUT2D eigenvalue weighted by atomic mass is 9.93. The predicted octanol–water partition coefficient (Wildman–Crippen LogP) is 2.93. The van der Waals surface area contributed by atoms with Gasteiger partial charge in [0.1, 0.15) is 0 Å². The molecule has 9 heteroatoms. The van der Waals surface area contributed by atoms with E-state index >= 15 is 0 Å². The summed E-state index contributed by atoms with van der Waals surface area (Å²) in [6.07, 6.45) is -0.250. The highest BCUT2D eigenvalue weighted by molar-refractivity contribution is 7.13. The van der Waals surface area contributed by atoms with Crippen LogP contribution in [0.2, 0.25) is 0 Å². The Balaban J connectivity index is 1.58. The van der Waals surface area contributed by atoms with Crippen LogP contribution < -0.4 is 10.6 Å². The van der Waals surface area contributed by atoms with E-state index in [0.717, 1.165) is 19.3 Å². The van der Waals surface area contributed by atoms with E-state index in [1.807, 2.05) is 0 Å². The van der Waals surface area contributed by atoms with E-state index in [1.165, 1.54) is 16.2 Å². The van der Waals surface area contributed by atoms with Crippen molar-refractivity contribution in [1.29, 1.82) is 0 Å². The Hall–Kier alpha value is -1.35. The van der Waals surface area contributed by atoms with Gasteiger partial charge < -0.3 is 5.32 Å². The topological polar surface area (TPSA) is 57.3 Å². The first-order valence-electron chi connectivity index (χ1n) is 7.16. The van der Waals surface area contributed by atoms with E-state index in [-0.39, 0.29) is 6.03 Å². The minimum Gasteiger partial charge on any atom is -0.338 e. The molecule has 0 aliphatic carbocycles. The van der Waals surface area contributed by atoms with Crippen LogP contribution in [0.5, 0.6) is 0 Å². The molecule has 0 unspecified atom stereocenters. The molecule has 1 aromatic rings. The number of amides is 2. The zero-order valence-electron chi connectivity index (χ0n) is 12.0. The number of aromatic nitrogens is 1. The summed E-state index contributed by atoms with van der Waals surface area (Å²) in [5, 5.41) is 7.67. The minimum absolute atomic E-state index is 0.301. The highest BCUT2D eigenvalue weighted by atomic mass is 32.1. The number of halogens is 3. The maximum absolute atomic E-state index is 12.3. The molecule has 0 spiro atoms. The summed E-state index contributed by atoms with van der Waals surface area (Å²) in [7, 11) is 0. The van der Waals surface area contributed by atoms with Gasteiger partial charge in [-0.15, -0.1) is 11.3 Å². The van der Waals surface area contributed by atoms with Crippen LogP contribution in [0, 0.1) is 5.92 Å². The first-order chi connectivity index (χ1) is 10.4. The molecule has 2 rings (SSSR count). The van der Waals surface area contributed by atoms with E-state index in [4.69, 9.17) is 0 Å². The van der Waals surface area contributed by atoms with E-state index in [0.29, 0.717) is 30.7 Å². The van der Waals surface area contributed by atoms with Crippen molar-refractivity contribution >= 4 is 22.5 Å². The van der Waals surface area contributed by atoms with Gasteiger partial charge in [0, 0.05) is 18.1 Å². The molecule has 1 fully saturated rings. The van der Waals surface area contributed by atoms with E-state index in [9.17, 15) is 18.0 Å². The molecule has 2 heterocycles. The maximum atomic E-state index is 12.3. The van der Waals surface area contributed by atoms with Gasteiger partial charge in [-0.05, 0) is 38.3 Å². The zero-order valence-corrected chi connectivity index (χ0v) is 12.8. The molecule has 0 radical (unpaired) electrons. The third-order valence-corrected chi connectivity index (χ3v) is 4.29. The van der Waals surface area contributed by atoms with E-state index in [2.05, 4.69) is 15.6 Å². The van der Waals surface area contributed by atoms with Gasteiger partial charge >= 0.3 is 12.2 Å². The molecule has 0 aromatic carbocycles. The summed E-state index contributed by atoms with van der Waals surface area (Å²) in [5.74, 6) is 0.365. The SMILES string of the molecule is O=C(NCCC1CCN(CC(F)(F)F)CC1)Nc1nccs1. The van der Waals surface area contributed by atoms with Crippen LogP contribution in [-0.2, 0) is 0 Å². The second-order valence-corrected chi connectivity index (χ2v) is 6.24. The Bertz CT molecular complexity index is 458. The van der Waals surface area contributed by atoms with Gasteiger partial charge in [-0.25, -0.2) is 9.78 Å². The molecule has 0 bridgehead atoms. The number of alkyl halides is 3. The summed E-state index contributed by atoms with van der Waals surface area (Å²) in [4.78, 5) is 17.0. The molecule has 2 amide bonds. The molecule has 1 aliphatic heterocycles. The Morgan fingerprint density at radius 3 is 2.73 bits per heavy atom. The average Bonchev–Trinajstić information content (AvgIpc) is 2.92. The Kier molecular flexibility index (Phi) is 6.01. The molecule has 2 N–H and O–H groups in total. The number of carbonyl (C=O) groups excluding carboxylic acids is 1. The van der Waals surface area contributed by atoms with Crippen molar-refractivity contribution in [3.63, 3.8) is 0 Å². The Labute approximate surface area is 130 Å². The van der Waals surface area contributed by atoms with Crippen molar-refractivity contribution in [2.75, 3.05) is 31.5 Å². The molecule has 1 aromatic heterocycles. The van der Waals surface area contributed by atoms with E-state index in [1.54, 1.807) is 11.6 Å². The Morgan fingerprint density at radius 2 is 2.14 bits per heavy atom. The summed E-state index contributed by atoms with van der Waals surface area (Å²) < 4.78 is 36.9. The number of anilines is 1. The summed E-state index contributed by atoms with van der Waals surface area (Å²) in [6.45, 7) is 0.625. The number of thiazole rings is 1. The van der Waals surface area contributed by atoms with Gasteiger partial charge in [-0.1, -0.05) is 0 Å². The molecule has 124 valence electrons. The van der Waals surface area contributed by atoms with Gasteiger partial charge in [-0.3, -0.25) is 10.2 Å². The Morgan fingerprint density at radius 1 is 1.41 bits per heavy atom. The van der Waals surface area contributed by atoms with Gasteiger partial charge in [-0.2, -0.15) is 13.2 Å². The number of likely N-dealkylation sites (tertiary alicyclic amines) is 1. The number of hydrogen-bond acceptors (Lipinski definition) is 4. The van der Waals surface area contributed by atoms with Crippen LogP contribution in [0.25, 0.3) is 0 Å². The van der Waals surface area contributed by atoms with Crippen molar-refractivity contribution in [2.45, 2.75) is 25.4 Å². The third-order valence-electron chi connectivity index (χ3n) is 3.60. The number of rotatable bonds is 5. The first-order valence-corrected chi connectivity index (χ1v) is 8.04. The smallest absolute Gasteiger partial charge is 0.338 e. The molecule has 0 saturated carbocycles. The lowest BCUT2D eigenvalue weighted by Gasteiger charge is -2.32. The first kappa shape index (κ1) is 17.0. The van der Waals surface area contributed by atoms with Crippen molar-refractivity contribution in [3.05, 3.63) is 11.6 Å². The highest BCUT2D eigenvalue weighted by Gasteiger charge is 2.32. The maximum Gasteiger partial charge on any atom is 0.401 e. The standard InChI is InChI=1S/C13H19F3N4OS/c14-13(15,16)9-20-6-2-10(3-7-20)1-4-17-11(21)19-12-18-5-8-22-12/h5,8,10H,1-4,6-7,9H2,(H2,17,18,19,21). The minimum atomic E-state index is -4.12. The monoisotopic (exact) mass is 336 g/mol.